The molecule has 0 saturated heterocycles. The maximum atomic E-state index is 12.2. The van der Waals surface area contributed by atoms with Crippen LogP contribution in [0.5, 0.6) is 0 Å². The van der Waals surface area contributed by atoms with Gasteiger partial charge >= 0.3 is 0 Å². The highest BCUT2D eigenvalue weighted by atomic mass is 32.1. The highest BCUT2D eigenvalue weighted by Crippen LogP contribution is 2.23. The van der Waals surface area contributed by atoms with E-state index in [2.05, 4.69) is 4.99 Å². The molecule has 0 N–H and O–H groups in total. The number of fused-ring (bicyclic) bond motifs is 1. The van der Waals surface area contributed by atoms with Crippen molar-refractivity contribution in [1.29, 1.82) is 0 Å². The number of aryl methyl sites for hydroxylation is 1. The summed E-state index contributed by atoms with van der Waals surface area (Å²) in [5.74, 6) is -0.499. The van der Waals surface area contributed by atoms with Gasteiger partial charge in [0.25, 0.3) is 17.3 Å². The number of thiazole rings is 1. The Bertz CT molecular complexity index is 1170. The van der Waals surface area contributed by atoms with E-state index in [1.54, 1.807) is 10.6 Å². The summed E-state index contributed by atoms with van der Waals surface area (Å²) in [6.45, 7) is 2.44. The first-order valence-corrected chi connectivity index (χ1v) is 8.99. The van der Waals surface area contributed by atoms with E-state index < -0.39 is 15.8 Å². The maximum absolute atomic E-state index is 12.2. The fourth-order valence-electron chi connectivity index (χ4n) is 2.57. The van der Waals surface area contributed by atoms with Crippen LogP contribution in [-0.2, 0) is 11.3 Å². The quantitative estimate of drug-likeness (QED) is 0.369. The van der Waals surface area contributed by atoms with Crippen molar-refractivity contribution in [1.82, 2.24) is 4.57 Å². The van der Waals surface area contributed by atoms with Crippen molar-refractivity contribution in [3.63, 3.8) is 0 Å². The summed E-state index contributed by atoms with van der Waals surface area (Å²) >= 11 is 1.20. The van der Waals surface area contributed by atoms with Gasteiger partial charge in [-0.3, -0.25) is 25.0 Å². The second-order valence-electron chi connectivity index (χ2n) is 5.67. The molecule has 0 bridgehead atoms. The molecule has 1 aromatic heterocycles. The summed E-state index contributed by atoms with van der Waals surface area (Å²) < 4.78 is 2.48. The van der Waals surface area contributed by atoms with Crippen LogP contribution in [0.1, 0.15) is 12.5 Å². The van der Waals surface area contributed by atoms with Crippen LogP contribution in [0.25, 0.3) is 16.3 Å². The van der Waals surface area contributed by atoms with E-state index in [-0.39, 0.29) is 11.4 Å². The molecule has 9 nitrogen and oxygen atoms in total. The average molecular weight is 398 g/mol. The molecule has 0 radical (unpaired) electrons. The molecule has 10 heteroatoms. The third-order valence-electron chi connectivity index (χ3n) is 3.92. The lowest BCUT2D eigenvalue weighted by atomic mass is 10.2. The second-order valence-corrected chi connectivity index (χ2v) is 6.68. The summed E-state index contributed by atoms with van der Waals surface area (Å²) in [6, 6.07) is 10.3. The third kappa shape index (κ3) is 4.01. The summed E-state index contributed by atoms with van der Waals surface area (Å²) in [6.07, 6.45) is 2.79. The number of benzene rings is 2. The average Bonchev–Trinajstić information content (AvgIpc) is 3.02. The SMILES string of the molecule is CCn1c(=NC(=O)C=Cc2ccc([N+](=O)[O-])cc2)sc2cc([N+](=O)[O-])ccc21. The Balaban J connectivity index is 1.91. The highest BCUT2D eigenvalue weighted by molar-refractivity contribution is 7.16. The Morgan fingerprint density at radius 3 is 2.36 bits per heavy atom. The molecule has 3 aromatic rings. The normalized spacial score (nSPS) is 12.0. The number of nitro groups is 2. The summed E-state index contributed by atoms with van der Waals surface area (Å²) in [4.78, 5) is 37.4. The molecule has 0 aliphatic carbocycles. The zero-order chi connectivity index (χ0) is 20.3. The van der Waals surface area contributed by atoms with Crippen LogP contribution < -0.4 is 4.80 Å². The van der Waals surface area contributed by atoms with Gasteiger partial charge in [0, 0.05) is 36.9 Å². The first kappa shape index (κ1) is 19.1. The van der Waals surface area contributed by atoms with Gasteiger partial charge in [0.15, 0.2) is 4.80 Å². The molecule has 0 aliphatic heterocycles. The minimum Gasteiger partial charge on any atom is -0.317 e. The van der Waals surface area contributed by atoms with Crippen LogP contribution in [0.3, 0.4) is 0 Å². The predicted molar refractivity (Wildman–Crippen MR) is 105 cm³/mol. The van der Waals surface area contributed by atoms with Crippen LogP contribution in [0.2, 0.25) is 0 Å². The van der Waals surface area contributed by atoms with E-state index in [1.165, 1.54) is 59.9 Å². The molecular weight excluding hydrogens is 384 g/mol. The van der Waals surface area contributed by atoms with E-state index >= 15 is 0 Å². The molecule has 3 rings (SSSR count). The van der Waals surface area contributed by atoms with Gasteiger partial charge in [0.05, 0.1) is 20.1 Å². The number of aromatic nitrogens is 1. The first-order chi connectivity index (χ1) is 13.4. The lowest BCUT2D eigenvalue weighted by Gasteiger charge is -1.99. The predicted octanol–water partition coefficient (Wildman–Crippen LogP) is 3.68. The molecule has 2 aromatic carbocycles. The van der Waals surface area contributed by atoms with Crippen LogP contribution in [0, 0.1) is 20.2 Å². The van der Waals surface area contributed by atoms with Gasteiger partial charge in [0.2, 0.25) is 0 Å². The molecule has 28 heavy (non-hydrogen) atoms. The molecule has 0 fully saturated rings. The highest BCUT2D eigenvalue weighted by Gasteiger charge is 2.11. The zero-order valence-electron chi connectivity index (χ0n) is 14.6. The van der Waals surface area contributed by atoms with Gasteiger partial charge < -0.3 is 4.57 Å². The number of hydrogen-bond acceptors (Lipinski definition) is 6. The number of rotatable bonds is 5. The monoisotopic (exact) mass is 398 g/mol. The van der Waals surface area contributed by atoms with E-state index in [0.29, 0.717) is 21.6 Å². The van der Waals surface area contributed by atoms with E-state index in [0.717, 1.165) is 5.52 Å². The van der Waals surface area contributed by atoms with E-state index in [4.69, 9.17) is 0 Å². The minimum atomic E-state index is -0.499. The molecule has 0 atom stereocenters. The van der Waals surface area contributed by atoms with Gasteiger partial charge in [-0.2, -0.15) is 4.99 Å². The van der Waals surface area contributed by atoms with Crippen molar-refractivity contribution in [3.8, 4) is 0 Å². The largest absolute Gasteiger partial charge is 0.317 e. The Labute approximate surface area is 162 Å². The topological polar surface area (TPSA) is 121 Å². The Hall–Kier alpha value is -3.66. The lowest BCUT2D eigenvalue weighted by molar-refractivity contribution is -0.385. The maximum Gasteiger partial charge on any atom is 0.272 e. The van der Waals surface area contributed by atoms with Gasteiger partial charge in [-0.1, -0.05) is 11.3 Å². The van der Waals surface area contributed by atoms with Gasteiger partial charge in [0.1, 0.15) is 0 Å². The van der Waals surface area contributed by atoms with Gasteiger partial charge in [-0.25, -0.2) is 0 Å². The molecule has 142 valence electrons. The molecule has 0 spiro atoms. The molecule has 0 aliphatic rings. The summed E-state index contributed by atoms with van der Waals surface area (Å²) in [5, 5.41) is 21.6. The first-order valence-electron chi connectivity index (χ1n) is 8.18. The summed E-state index contributed by atoms with van der Waals surface area (Å²) in [7, 11) is 0. The van der Waals surface area contributed by atoms with Crippen molar-refractivity contribution in [2.45, 2.75) is 13.5 Å². The van der Waals surface area contributed by atoms with E-state index in [9.17, 15) is 25.0 Å². The van der Waals surface area contributed by atoms with Gasteiger partial charge in [-0.05, 0) is 36.8 Å². The number of hydrogen-bond donors (Lipinski definition) is 0. The van der Waals surface area contributed by atoms with Crippen molar-refractivity contribution in [2.75, 3.05) is 0 Å². The fraction of sp³-hybridized carbons (Fsp3) is 0.111. The molecule has 1 amide bonds. The number of amides is 1. The van der Waals surface area contributed by atoms with Crippen LogP contribution in [0.4, 0.5) is 11.4 Å². The minimum absolute atomic E-state index is 0.0204. The lowest BCUT2D eigenvalue weighted by Crippen LogP contribution is -2.15. The molecular formula is C18H14N4O5S. The zero-order valence-corrected chi connectivity index (χ0v) is 15.5. The molecule has 0 unspecified atom stereocenters. The molecule has 1 heterocycles. The van der Waals surface area contributed by atoms with Crippen LogP contribution in [0.15, 0.2) is 53.5 Å². The number of nitro benzene ring substituents is 2. The Morgan fingerprint density at radius 2 is 1.75 bits per heavy atom. The van der Waals surface area contributed by atoms with Gasteiger partial charge in [-0.15, -0.1) is 0 Å². The standard InChI is InChI=1S/C18H14N4O5S/c1-2-20-15-9-8-14(22(26)27)11-16(15)28-18(20)19-17(23)10-5-12-3-6-13(7-4-12)21(24)25/h3-11H,2H2,1H3. The van der Waals surface area contributed by atoms with Crippen molar-refractivity contribution < 1.29 is 14.6 Å². The smallest absolute Gasteiger partial charge is 0.272 e. The van der Waals surface area contributed by atoms with E-state index in [1.807, 2.05) is 6.92 Å². The Kier molecular flexibility index (Phi) is 5.41. The van der Waals surface area contributed by atoms with Crippen molar-refractivity contribution >= 4 is 44.9 Å². The number of carbonyl (C=O) groups is 1. The fourth-order valence-corrected chi connectivity index (χ4v) is 3.71. The number of non-ortho nitro benzene ring substituents is 2. The second kappa shape index (κ2) is 7.92. The van der Waals surface area contributed by atoms with Crippen LogP contribution >= 0.6 is 11.3 Å². The third-order valence-corrected chi connectivity index (χ3v) is 4.96. The Morgan fingerprint density at radius 1 is 1.11 bits per heavy atom. The molecule has 0 saturated carbocycles. The summed E-state index contributed by atoms with van der Waals surface area (Å²) in [5.41, 5.74) is 1.35. The van der Waals surface area contributed by atoms with Crippen molar-refractivity contribution in [2.24, 2.45) is 4.99 Å². The number of carbonyl (C=O) groups excluding carboxylic acids is 1. The number of nitrogens with zero attached hydrogens (tertiary/aromatic N) is 4. The van der Waals surface area contributed by atoms with Crippen LogP contribution in [-0.4, -0.2) is 20.3 Å². The van der Waals surface area contributed by atoms with Crippen molar-refractivity contribution in [3.05, 3.63) is 79.1 Å².